The van der Waals surface area contributed by atoms with Crippen molar-refractivity contribution in [2.24, 2.45) is 5.73 Å². The molecule has 1 aliphatic rings. The molecule has 114 valence electrons. The number of carbonyl (C=O) groups excluding carboxylic acids is 1. The SMILES string of the molecule is NCc1ccc(C(=O)N2CCCCc3ccccc32)c(F)c1. The van der Waals surface area contributed by atoms with Crippen LogP contribution in [0.5, 0.6) is 0 Å². The summed E-state index contributed by atoms with van der Waals surface area (Å²) in [5.74, 6) is -0.787. The van der Waals surface area contributed by atoms with Gasteiger partial charge in [0, 0.05) is 18.8 Å². The van der Waals surface area contributed by atoms with Crippen molar-refractivity contribution in [2.45, 2.75) is 25.8 Å². The molecule has 4 heteroatoms. The van der Waals surface area contributed by atoms with Crippen molar-refractivity contribution in [3.05, 3.63) is 65.0 Å². The molecule has 0 unspecified atom stereocenters. The number of aryl methyl sites for hydroxylation is 1. The number of para-hydroxylation sites is 1. The number of nitrogens with two attached hydrogens (primary N) is 1. The van der Waals surface area contributed by atoms with Crippen LogP contribution < -0.4 is 10.6 Å². The summed E-state index contributed by atoms with van der Waals surface area (Å²) in [5.41, 5.74) is 8.34. The molecule has 3 nitrogen and oxygen atoms in total. The largest absolute Gasteiger partial charge is 0.326 e. The van der Waals surface area contributed by atoms with Gasteiger partial charge in [-0.1, -0.05) is 24.3 Å². The van der Waals surface area contributed by atoms with Crippen molar-refractivity contribution >= 4 is 11.6 Å². The molecule has 0 aliphatic carbocycles. The number of benzene rings is 2. The van der Waals surface area contributed by atoms with Gasteiger partial charge in [0.15, 0.2) is 0 Å². The first kappa shape index (κ1) is 14.7. The molecule has 0 saturated heterocycles. The molecule has 3 rings (SSSR count). The van der Waals surface area contributed by atoms with Crippen LogP contribution in [0.1, 0.15) is 34.3 Å². The smallest absolute Gasteiger partial charge is 0.261 e. The van der Waals surface area contributed by atoms with Crippen molar-refractivity contribution in [3.8, 4) is 0 Å². The molecule has 0 fully saturated rings. The summed E-state index contributed by atoms with van der Waals surface area (Å²) in [6.07, 6.45) is 2.91. The molecular weight excluding hydrogens is 279 g/mol. The molecule has 0 spiro atoms. The predicted molar refractivity (Wildman–Crippen MR) is 85.3 cm³/mol. The van der Waals surface area contributed by atoms with Gasteiger partial charge in [-0.3, -0.25) is 4.79 Å². The second kappa shape index (κ2) is 6.28. The first-order valence-corrected chi connectivity index (χ1v) is 7.59. The lowest BCUT2D eigenvalue weighted by molar-refractivity contribution is 0.0983. The maximum atomic E-state index is 14.2. The standard InChI is InChI=1S/C18H19FN2O/c19-16-11-13(12-20)8-9-15(16)18(22)21-10-4-3-6-14-5-1-2-7-17(14)21/h1-2,5,7-9,11H,3-4,6,10,12,20H2. The van der Waals surface area contributed by atoms with Gasteiger partial charge in [-0.15, -0.1) is 0 Å². The quantitative estimate of drug-likeness (QED) is 0.925. The number of halogens is 1. The minimum atomic E-state index is -0.505. The van der Waals surface area contributed by atoms with Gasteiger partial charge in [0.25, 0.3) is 5.91 Å². The third-order valence-corrected chi connectivity index (χ3v) is 4.11. The third-order valence-electron chi connectivity index (χ3n) is 4.11. The van der Waals surface area contributed by atoms with Crippen molar-refractivity contribution in [3.63, 3.8) is 0 Å². The third kappa shape index (κ3) is 2.74. The number of hydrogen-bond donors (Lipinski definition) is 1. The molecule has 0 saturated carbocycles. The Morgan fingerprint density at radius 1 is 1.18 bits per heavy atom. The summed E-state index contributed by atoms with van der Waals surface area (Å²) in [5, 5.41) is 0. The highest BCUT2D eigenvalue weighted by Crippen LogP contribution is 2.28. The lowest BCUT2D eigenvalue weighted by Crippen LogP contribution is -2.32. The van der Waals surface area contributed by atoms with E-state index in [1.165, 1.54) is 12.1 Å². The summed E-state index contributed by atoms with van der Waals surface area (Å²) < 4.78 is 14.2. The fraction of sp³-hybridized carbons (Fsp3) is 0.278. The lowest BCUT2D eigenvalue weighted by Gasteiger charge is -2.23. The average molecular weight is 298 g/mol. The zero-order chi connectivity index (χ0) is 15.5. The highest BCUT2D eigenvalue weighted by atomic mass is 19.1. The second-order valence-corrected chi connectivity index (χ2v) is 5.56. The highest BCUT2D eigenvalue weighted by molar-refractivity contribution is 6.06. The Hall–Kier alpha value is -2.20. The summed E-state index contributed by atoms with van der Waals surface area (Å²) >= 11 is 0. The van der Waals surface area contributed by atoms with Gasteiger partial charge in [0.2, 0.25) is 0 Å². The Balaban J connectivity index is 1.98. The number of hydrogen-bond acceptors (Lipinski definition) is 2. The number of rotatable bonds is 2. The maximum Gasteiger partial charge on any atom is 0.261 e. The normalized spacial score (nSPS) is 14.4. The van der Waals surface area contributed by atoms with Crippen molar-refractivity contribution in [1.29, 1.82) is 0 Å². The van der Waals surface area contributed by atoms with Crippen LogP contribution in [0.4, 0.5) is 10.1 Å². The van der Waals surface area contributed by atoms with Crippen LogP contribution in [0.25, 0.3) is 0 Å². The van der Waals surface area contributed by atoms with Crippen molar-refractivity contribution in [2.75, 3.05) is 11.4 Å². The van der Waals surface area contributed by atoms with Crippen LogP contribution in [-0.2, 0) is 13.0 Å². The predicted octanol–water partition coefficient (Wildman–Crippen LogP) is 3.27. The summed E-state index contributed by atoms with van der Waals surface area (Å²) in [7, 11) is 0. The van der Waals surface area contributed by atoms with Gasteiger partial charge in [0.1, 0.15) is 5.82 Å². The van der Waals surface area contributed by atoms with Gasteiger partial charge in [-0.2, -0.15) is 0 Å². The number of carbonyl (C=O) groups is 1. The Morgan fingerprint density at radius 2 is 2.00 bits per heavy atom. The Bertz CT molecular complexity index is 699. The van der Waals surface area contributed by atoms with E-state index in [0.29, 0.717) is 12.1 Å². The van der Waals surface area contributed by atoms with E-state index in [0.717, 1.165) is 30.5 Å². The van der Waals surface area contributed by atoms with E-state index in [2.05, 4.69) is 0 Å². The molecule has 0 atom stereocenters. The first-order valence-electron chi connectivity index (χ1n) is 7.59. The minimum Gasteiger partial charge on any atom is -0.326 e. The molecule has 1 heterocycles. The van der Waals surface area contributed by atoms with E-state index in [4.69, 9.17) is 5.73 Å². The highest BCUT2D eigenvalue weighted by Gasteiger charge is 2.24. The Labute approximate surface area is 129 Å². The van der Waals surface area contributed by atoms with E-state index in [9.17, 15) is 9.18 Å². The lowest BCUT2D eigenvalue weighted by atomic mass is 10.1. The average Bonchev–Trinajstić information content (AvgIpc) is 2.76. The molecule has 2 N–H and O–H groups in total. The molecule has 2 aromatic rings. The van der Waals surface area contributed by atoms with Crippen LogP contribution in [-0.4, -0.2) is 12.5 Å². The van der Waals surface area contributed by atoms with E-state index in [1.54, 1.807) is 11.0 Å². The monoisotopic (exact) mass is 298 g/mol. The molecule has 0 aromatic heterocycles. The number of fused-ring (bicyclic) bond motifs is 1. The molecule has 1 aliphatic heterocycles. The topological polar surface area (TPSA) is 46.3 Å². The van der Waals surface area contributed by atoms with E-state index in [1.807, 2.05) is 24.3 Å². The van der Waals surface area contributed by atoms with Crippen LogP contribution in [0.15, 0.2) is 42.5 Å². The van der Waals surface area contributed by atoms with Crippen molar-refractivity contribution in [1.82, 2.24) is 0 Å². The fourth-order valence-corrected chi connectivity index (χ4v) is 2.91. The summed E-state index contributed by atoms with van der Waals surface area (Å²) in [6, 6.07) is 12.5. The fourth-order valence-electron chi connectivity index (χ4n) is 2.91. The molecule has 22 heavy (non-hydrogen) atoms. The number of nitrogens with zero attached hydrogens (tertiary/aromatic N) is 1. The van der Waals surface area contributed by atoms with Gasteiger partial charge in [0.05, 0.1) is 5.56 Å². The molecule has 2 aromatic carbocycles. The van der Waals surface area contributed by atoms with E-state index >= 15 is 0 Å². The van der Waals surface area contributed by atoms with Gasteiger partial charge in [-0.05, 0) is 48.6 Å². The van der Waals surface area contributed by atoms with Gasteiger partial charge >= 0.3 is 0 Å². The zero-order valence-electron chi connectivity index (χ0n) is 12.4. The number of anilines is 1. The van der Waals surface area contributed by atoms with E-state index < -0.39 is 5.82 Å². The van der Waals surface area contributed by atoms with Crippen molar-refractivity contribution < 1.29 is 9.18 Å². The molecular formula is C18H19FN2O. The summed E-state index contributed by atoms with van der Waals surface area (Å²) in [6.45, 7) is 0.881. The van der Waals surface area contributed by atoms with Crippen LogP contribution in [0, 0.1) is 5.82 Å². The minimum absolute atomic E-state index is 0.105. The van der Waals surface area contributed by atoms with Crippen LogP contribution in [0.3, 0.4) is 0 Å². The zero-order valence-corrected chi connectivity index (χ0v) is 12.4. The Morgan fingerprint density at radius 3 is 2.77 bits per heavy atom. The molecule has 0 bridgehead atoms. The number of amides is 1. The molecule has 1 amide bonds. The molecule has 0 radical (unpaired) electrons. The first-order chi connectivity index (χ1) is 10.7. The van der Waals surface area contributed by atoms with Crippen LogP contribution >= 0.6 is 0 Å². The van der Waals surface area contributed by atoms with Gasteiger partial charge < -0.3 is 10.6 Å². The second-order valence-electron chi connectivity index (χ2n) is 5.56. The van der Waals surface area contributed by atoms with Crippen LogP contribution in [0.2, 0.25) is 0 Å². The maximum absolute atomic E-state index is 14.2. The Kier molecular flexibility index (Phi) is 4.20. The van der Waals surface area contributed by atoms with E-state index in [-0.39, 0.29) is 18.0 Å². The summed E-state index contributed by atoms with van der Waals surface area (Å²) in [4.78, 5) is 14.5. The van der Waals surface area contributed by atoms with Gasteiger partial charge in [-0.25, -0.2) is 4.39 Å².